The van der Waals surface area contributed by atoms with Gasteiger partial charge in [0.25, 0.3) is 0 Å². The summed E-state index contributed by atoms with van der Waals surface area (Å²) in [6.07, 6.45) is 4.88. The van der Waals surface area contributed by atoms with Gasteiger partial charge in [0.15, 0.2) is 9.84 Å². The second-order valence-corrected chi connectivity index (χ2v) is 11.3. The average molecular weight is 508 g/mol. The van der Waals surface area contributed by atoms with Gasteiger partial charge in [-0.3, -0.25) is 14.3 Å². The number of aryl methyl sites for hydroxylation is 1. The normalized spacial score (nSPS) is 15.0. The van der Waals surface area contributed by atoms with Crippen LogP contribution in [0.2, 0.25) is 5.02 Å². The van der Waals surface area contributed by atoms with Gasteiger partial charge >= 0.3 is 0 Å². The maximum atomic E-state index is 13.4. The van der Waals surface area contributed by atoms with E-state index in [1.54, 1.807) is 36.7 Å². The molecule has 0 aliphatic carbocycles. The molecule has 0 radical (unpaired) electrons. The molecule has 2 aromatic heterocycles. The summed E-state index contributed by atoms with van der Waals surface area (Å²) >= 11 is 6.50. The average Bonchev–Trinajstić information content (AvgIpc) is 3.31. The maximum absolute atomic E-state index is 13.4. The van der Waals surface area contributed by atoms with Crippen molar-refractivity contribution in [3.8, 4) is 0 Å². The summed E-state index contributed by atoms with van der Waals surface area (Å²) in [5.41, 5.74) is 2.53. The number of anilines is 1. The Kier molecular flexibility index (Phi) is 6.38. The Balaban J connectivity index is 1.33. The van der Waals surface area contributed by atoms with E-state index in [0.29, 0.717) is 23.9 Å². The molecule has 2 aromatic carbocycles. The second kappa shape index (κ2) is 9.47. The predicted molar refractivity (Wildman–Crippen MR) is 139 cm³/mol. The van der Waals surface area contributed by atoms with Gasteiger partial charge in [0.2, 0.25) is 5.91 Å². The number of fused-ring (bicyclic) bond motifs is 1. The lowest BCUT2D eigenvalue weighted by atomic mass is 9.95. The molecule has 0 bridgehead atoms. The van der Waals surface area contributed by atoms with Crippen molar-refractivity contribution in [3.63, 3.8) is 0 Å². The standard InChI is InChI=1S/C27H26ClN3O3S/c1-19-17-22(10-13-29-19)30-15-11-21(12-16-30)27(32)31-14-4-6-23(31)18-35(33,34)25-9-8-20-5-2-3-7-24(20)26(25)28/h2-10,13-14,17,21H,11-12,15-16,18H2,1H3. The van der Waals surface area contributed by atoms with Gasteiger partial charge in [-0.15, -0.1) is 0 Å². The molecule has 3 heterocycles. The van der Waals surface area contributed by atoms with Gasteiger partial charge in [-0.2, -0.15) is 0 Å². The molecule has 35 heavy (non-hydrogen) atoms. The Bertz CT molecular complexity index is 1510. The summed E-state index contributed by atoms with van der Waals surface area (Å²) < 4.78 is 28.1. The monoisotopic (exact) mass is 507 g/mol. The van der Waals surface area contributed by atoms with Crippen molar-refractivity contribution < 1.29 is 13.2 Å². The minimum Gasteiger partial charge on any atom is -0.371 e. The summed E-state index contributed by atoms with van der Waals surface area (Å²) in [4.78, 5) is 20.0. The van der Waals surface area contributed by atoms with E-state index >= 15 is 0 Å². The molecular weight excluding hydrogens is 482 g/mol. The summed E-state index contributed by atoms with van der Waals surface area (Å²) in [7, 11) is -3.76. The number of hydrogen-bond donors (Lipinski definition) is 0. The van der Waals surface area contributed by atoms with Gasteiger partial charge in [0.05, 0.1) is 15.7 Å². The number of hydrogen-bond acceptors (Lipinski definition) is 5. The molecule has 6 nitrogen and oxygen atoms in total. The van der Waals surface area contributed by atoms with Crippen LogP contribution in [-0.2, 0) is 15.6 Å². The largest absolute Gasteiger partial charge is 0.371 e. The van der Waals surface area contributed by atoms with E-state index in [1.165, 1.54) is 4.57 Å². The molecule has 5 rings (SSSR count). The van der Waals surface area contributed by atoms with E-state index in [1.807, 2.05) is 37.3 Å². The zero-order valence-electron chi connectivity index (χ0n) is 19.4. The van der Waals surface area contributed by atoms with E-state index in [0.717, 1.165) is 29.9 Å². The van der Waals surface area contributed by atoms with Crippen LogP contribution in [0.15, 0.2) is 78.0 Å². The Morgan fingerprint density at radius 3 is 2.60 bits per heavy atom. The van der Waals surface area contributed by atoms with Crippen molar-refractivity contribution in [2.45, 2.75) is 30.4 Å². The Hall–Kier alpha value is -3.16. The van der Waals surface area contributed by atoms with Crippen LogP contribution in [0.1, 0.15) is 29.0 Å². The van der Waals surface area contributed by atoms with Crippen LogP contribution < -0.4 is 4.90 Å². The van der Waals surface area contributed by atoms with Crippen molar-refractivity contribution in [3.05, 3.63) is 89.5 Å². The molecule has 0 spiro atoms. The zero-order chi connectivity index (χ0) is 24.6. The third-order valence-electron chi connectivity index (χ3n) is 6.66. The van der Waals surface area contributed by atoms with Crippen molar-refractivity contribution in [1.29, 1.82) is 0 Å². The topological polar surface area (TPSA) is 72.3 Å². The minimum atomic E-state index is -3.76. The number of sulfone groups is 1. The molecule has 0 unspecified atom stereocenters. The molecular formula is C27H26ClN3O3S. The Morgan fingerprint density at radius 1 is 1.06 bits per heavy atom. The second-order valence-electron chi connectivity index (χ2n) is 8.98. The number of nitrogens with zero attached hydrogens (tertiary/aromatic N) is 3. The third kappa shape index (κ3) is 4.70. The summed E-state index contributed by atoms with van der Waals surface area (Å²) in [5, 5.41) is 1.78. The van der Waals surface area contributed by atoms with E-state index in [4.69, 9.17) is 11.6 Å². The van der Waals surface area contributed by atoms with Crippen LogP contribution >= 0.6 is 11.6 Å². The highest BCUT2D eigenvalue weighted by Crippen LogP contribution is 2.32. The van der Waals surface area contributed by atoms with Gasteiger partial charge in [0.1, 0.15) is 0 Å². The van der Waals surface area contributed by atoms with Crippen LogP contribution in [0.3, 0.4) is 0 Å². The summed E-state index contributed by atoms with van der Waals surface area (Å²) in [6, 6.07) is 18.2. The molecule has 1 saturated heterocycles. The van der Waals surface area contributed by atoms with Gasteiger partial charge in [0, 0.05) is 53.9 Å². The fraction of sp³-hybridized carbons (Fsp3) is 0.259. The third-order valence-corrected chi connectivity index (χ3v) is 8.87. The number of carbonyl (C=O) groups is 1. The fourth-order valence-corrected chi connectivity index (χ4v) is 6.81. The number of piperidine rings is 1. The number of pyridine rings is 1. The molecule has 0 saturated carbocycles. The van der Waals surface area contributed by atoms with Gasteiger partial charge in [-0.05, 0) is 55.5 Å². The van der Waals surface area contributed by atoms with Crippen LogP contribution in [-0.4, -0.2) is 37.0 Å². The smallest absolute Gasteiger partial charge is 0.234 e. The molecule has 0 atom stereocenters. The first kappa shape index (κ1) is 23.6. The van der Waals surface area contributed by atoms with Gasteiger partial charge in [-0.1, -0.05) is 41.9 Å². The van der Waals surface area contributed by atoms with Crippen molar-refractivity contribution in [1.82, 2.24) is 9.55 Å². The number of benzene rings is 2. The summed E-state index contributed by atoms with van der Waals surface area (Å²) in [5.74, 6) is -0.512. The van der Waals surface area contributed by atoms with E-state index in [-0.39, 0.29) is 27.5 Å². The molecule has 0 N–H and O–H groups in total. The molecule has 180 valence electrons. The first-order chi connectivity index (χ1) is 16.8. The Labute approximate surface area is 210 Å². The van der Waals surface area contributed by atoms with E-state index in [2.05, 4.69) is 16.0 Å². The highest BCUT2D eigenvalue weighted by molar-refractivity contribution is 7.90. The molecule has 1 aliphatic heterocycles. The van der Waals surface area contributed by atoms with Gasteiger partial charge in [-0.25, -0.2) is 8.42 Å². The van der Waals surface area contributed by atoms with Crippen LogP contribution in [0.5, 0.6) is 0 Å². The van der Waals surface area contributed by atoms with Crippen LogP contribution in [0.25, 0.3) is 10.8 Å². The van der Waals surface area contributed by atoms with Crippen molar-refractivity contribution in [2.24, 2.45) is 5.92 Å². The van der Waals surface area contributed by atoms with Crippen molar-refractivity contribution >= 4 is 43.8 Å². The summed E-state index contributed by atoms with van der Waals surface area (Å²) in [6.45, 7) is 3.50. The molecule has 0 amide bonds. The number of carbonyl (C=O) groups excluding carboxylic acids is 1. The zero-order valence-corrected chi connectivity index (χ0v) is 21.0. The van der Waals surface area contributed by atoms with Crippen LogP contribution in [0.4, 0.5) is 5.69 Å². The van der Waals surface area contributed by atoms with E-state index in [9.17, 15) is 13.2 Å². The quantitative estimate of drug-likeness (QED) is 0.355. The van der Waals surface area contributed by atoms with Gasteiger partial charge < -0.3 is 4.90 Å². The van der Waals surface area contributed by atoms with Crippen LogP contribution in [0, 0.1) is 12.8 Å². The lowest BCUT2D eigenvalue weighted by Crippen LogP contribution is -2.38. The van der Waals surface area contributed by atoms with E-state index < -0.39 is 9.84 Å². The lowest BCUT2D eigenvalue weighted by Gasteiger charge is -2.33. The molecule has 1 aliphatic rings. The number of rotatable bonds is 5. The molecule has 4 aromatic rings. The molecule has 8 heteroatoms. The predicted octanol–water partition coefficient (Wildman–Crippen LogP) is 5.53. The fourth-order valence-electron chi connectivity index (χ4n) is 4.78. The minimum absolute atomic E-state index is 0.0598. The highest BCUT2D eigenvalue weighted by atomic mass is 35.5. The highest BCUT2D eigenvalue weighted by Gasteiger charge is 2.29. The Morgan fingerprint density at radius 2 is 1.83 bits per heavy atom. The first-order valence-corrected chi connectivity index (χ1v) is 13.6. The number of halogens is 1. The number of aromatic nitrogens is 2. The lowest BCUT2D eigenvalue weighted by molar-refractivity contribution is 0.0811. The first-order valence-electron chi connectivity index (χ1n) is 11.6. The molecule has 1 fully saturated rings. The van der Waals surface area contributed by atoms with Crippen molar-refractivity contribution in [2.75, 3.05) is 18.0 Å². The maximum Gasteiger partial charge on any atom is 0.234 e. The SMILES string of the molecule is Cc1cc(N2CCC(C(=O)n3cccc3CS(=O)(=O)c3ccc4ccccc4c3Cl)CC2)ccn1.